The Bertz CT molecular complexity index is 907. The minimum absolute atomic E-state index is 0. The molecule has 0 saturated carbocycles. The van der Waals surface area contributed by atoms with Crippen LogP contribution in [0.5, 0.6) is 0 Å². The third kappa shape index (κ3) is 3.57. The summed E-state index contributed by atoms with van der Waals surface area (Å²) in [6, 6.07) is 11.9. The van der Waals surface area contributed by atoms with Gasteiger partial charge in [0.25, 0.3) is 0 Å². The molecule has 0 aliphatic carbocycles. The molecule has 0 radical (unpaired) electrons. The zero-order chi connectivity index (χ0) is 16.2. The van der Waals surface area contributed by atoms with Gasteiger partial charge in [0.2, 0.25) is 5.62 Å². The van der Waals surface area contributed by atoms with Crippen LogP contribution in [0.25, 0.3) is 11.0 Å². The van der Waals surface area contributed by atoms with Gasteiger partial charge in [-0.3, -0.25) is 0 Å². The van der Waals surface area contributed by atoms with Crippen molar-refractivity contribution in [2.75, 3.05) is 0 Å². The first-order valence-corrected chi connectivity index (χ1v) is 7.19. The van der Waals surface area contributed by atoms with Crippen LogP contribution in [-0.4, -0.2) is 15.5 Å². The first-order chi connectivity index (χ1) is 11.2. The highest BCUT2D eigenvalue weighted by molar-refractivity contribution is 5.75. The smallest absolute Gasteiger partial charge is 0.230 e. The summed E-state index contributed by atoms with van der Waals surface area (Å²) in [4.78, 5) is 0. The second-order valence-corrected chi connectivity index (χ2v) is 5.17. The molecular formula is C16H18ClN7. The Labute approximate surface area is 145 Å². The number of azo groups is 1. The fourth-order valence-corrected chi connectivity index (χ4v) is 2.36. The number of rotatable bonds is 3. The molecule has 0 aliphatic heterocycles. The van der Waals surface area contributed by atoms with E-state index in [0.29, 0.717) is 0 Å². The summed E-state index contributed by atoms with van der Waals surface area (Å²) in [6.07, 6.45) is 5.15. The number of benzene rings is 1. The lowest BCUT2D eigenvalue weighted by Gasteiger charge is -1.91. The van der Waals surface area contributed by atoms with E-state index in [1.165, 1.54) is 6.34 Å². The molecule has 3 rings (SSSR count). The molecule has 7 nitrogen and oxygen atoms in total. The maximum absolute atomic E-state index is 4.23. The summed E-state index contributed by atoms with van der Waals surface area (Å²) in [5.41, 5.74) is 3.71. The van der Waals surface area contributed by atoms with Gasteiger partial charge in [-0.05, 0) is 12.1 Å². The fourth-order valence-electron chi connectivity index (χ4n) is 2.36. The van der Waals surface area contributed by atoms with E-state index in [2.05, 4.69) is 20.4 Å². The molecule has 0 amide bonds. The quantitative estimate of drug-likeness (QED) is 0.192. The van der Waals surface area contributed by atoms with Crippen LogP contribution in [0.2, 0.25) is 0 Å². The number of fused-ring (bicyclic) bond motifs is 1. The number of hydrogen-bond donors (Lipinski definition) is 0. The van der Waals surface area contributed by atoms with E-state index in [9.17, 15) is 0 Å². The van der Waals surface area contributed by atoms with Crippen LogP contribution in [0.15, 0.2) is 69.2 Å². The van der Waals surface area contributed by atoms with Crippen LogP contribution < -0.4 is 22.6 Å². The molecule has 0 unspecified atom stereocenters. The Hall–Kier alpha value is -2.80. The summed E-state index contributed by atoms with van der Waals surface area (Å²) >= 11 is 0. The van der Waals surface area contributed by atoms with Gasteiger partial charge in [-0.1, -0.05) is 12.1 Å². The van der Waals surface area contributed by atoms with E-state index in [0.717, 1.165) is 22.3 Å². The van der Waals surface area contributed by atoms with Crippen molar-refractivity contribution in [3.8, 4) is 0 Å². The van der Waals surface area contributed by atoms with E-state index in [1.807, 2.05) is 83.6 Å². The van der Waals surface area contributed by atoms with E-state index >= 15 is 0 Å². The van der Waals surface area contributed by atoms with E-state index < -0.39 is 0 Å². The highest BCUT2D eigenvalue weighted by Gasteiger charge is 2.04. The van der Waals surface area contributed by atoms with Gasteiger partial charge in [-0.15, -0.1) is 20.4 Å². The molecule has 3 aromatic rings. The van der Waals surface area contributed by atoms with Gasteiger partial charge in [0.15, 0.2) is 18.7 Å². The molecule has 24 heavy (non-hydrogen) atoms. The monoisotopic (exact) mass is 343 g/mol. The first-order valence-electron chi connectivity index (χ1n) is 7.19. The summed E-state index contributed by atoms with van der Waals surface area (Å²) in [5, 5.41) is 16.2. The predicted octanol–water partition coefficient (Wildman–Crippen LogP) is -1.03. The van der Waals surface area contributed by atoms with Crippen molar-refractivity contribution in [1.82, 2.24) is 9.13 Å². The number of aromatic nitrogens is 3. The Morgan fingerprint density at radius 1 is 0.958 bits per heavy atom. The Kier molecular flexibility index (Phi) is 5.59. The molecular weight excluding hydrogens is 326 g/mol. The van der Waals surface area contributed by atoms with E-state index in [4.69, 9.17) is 0 Å². The third-order valence-corrected chi connectivity index (χ3v) is 3.59. The number of halogens is 1. The van der Waals surface area contributed by atoms with Gasteiger partial charge in [0, 0.05) is 26.2 Å². The van der Waals surface area contributed by atoms with Crippen LogP contribution in [0.1, 0.15) is 0 Å². The fraction of sp³-hybridized carbons (Fsp3) is 0.188. The van der Waals surface area contributed by atoms with Crippen molar-refractivity contribution >= 4 is 23.1 Å². The molecule has 0 N–H and O–H groups in total. The van der Waals surface area contributed by atoms with Crippen molar-refractivity contribution < 1.29 is 17.0 Å². The van der Waals surface area contributed by atoms with Crippen molar-refractivity contribution in [1.29, 1.82) is 0 Å². The van der Waals surface area contributed by atoms with Gasteiger partial charge in [0.1, 0.15) is 7.05 Å². The van der Waals surface area contributed by atoms with E-state index in [-0.39, 0.29) is 12.4 Å². The molecule has 2 heterocycles. The summed E-state index contributed by atoms with van der Waals surface area (Å²) in [7, 11) is 5.87. The van der Waals surface area contributed by atoms with Crippen LogP contribution in [0, 0.1) is 0 Å². The summed E-state index contributed by atoms with van der Waals surface area (Å²) in [6.45, 7) is 0. The number of hydrogen-bond acceptors (Lipinski definition) is 3. The van der Waals surface area contributed by atoms with E-state index in [1.54, 1.807) is 0 Å². The number of para-hydroxylation sites is 2. The molecule has 0 bridgehead atoms. The average molecular weight is 344 g/mol. The lowest BCUT2D eigenvalue weighted by molar-refractivity contribution is -0.671. The molecule has 0 saturated heterocycles. The highest BCUT2D eigenvalue weighted by atomic mass is 35.5. The van der Waals surface area contributed by atoms with Gasteiger partial charge in [0.05, 0.1) is 16.7 Å². The summed E-state index contributed by atoms with van der Waals surface area (Å²) in [5.74, 6) is 0. The van der Waals surface area contributed by atoms with Gasteiger partial charge < -0.3 is 21.5 Å². The molecule has 1 aromatic carbocycles. The number of pyridine rings is 1. The molecule has 0 atom stereocenters. The van der Waals surface area contributed by atoms with Crippen molar-refractivity contribution in [2.45, 2.75) is 0 Å². The standard InChI is InChI=1S/C16H18N7.ClH/c1-21-10-8-13(9-11-21)19-17-12-18-20-16-22(2)14-6-4-5-7-15(14)23(16)3;/h4-12H,1-3H3;1H/q+1;/p-1. The minimum atomic E-state index is 0. The Balaban J connectivity index is 0.00000208. The number of aryl methyl sites for hydroxylation is 3. The largest absolute Gasteiger partial charge is 1.00 e. The van der Waals surface area contributed by atoms with Gasteiger partial charge in [-0.2, -0.15) is 0 Å². The minimum Gasteiger partial charge on any atom is -1.00 e. The lowest BCUT2D eigenvalue weighted by atomic mass is 10.3. The molecule has 124 valence electrons. The zero-order valence-corrected chi connectivity index (χ0v) is 14.5. The molecule has 0 aliphatic rings. The summed E-state index contributed by atoms with van der Waals surface area (Å²) < 4.78 is 5.91. The number of nitrogens with zero attached hydrogens (tertiary/aromatic N) is 7. The van der Waals surface area contributed by atoms with Gasteiger partial charge >= 0.3 is 0 Å². The van der Waals surface area contributed by atoms with Crippen LogP contribution in [0.4, 0.5) is 5.69 Å². The normalized spacial score (nSPS) is 11.3. The lowest BCUT2D eigenvalue weighted by Crippen LogP contribution is -3.00. The molecule has 0 fully saturated rings. The number of imidazole rings is 1. The first kappa shape index (κ1) is 17.6. The van der Waals surface area contributed by atoms with Gasteiger partial charge in [-0.25, -0.2) is 4.57 Å². The topological polar surface area (TPSA) is 63.2 Å². The maximum atomic E-state index is 4.23. The second-order valence-electron chi connectivity index (χ2n) is 5.17. The predicted molar refractivity (Wildman–Crippen MR) is 88.1 cm³/mol. The average Bonchev–Trinajstić information content (AvgIpc) is 2.81. The van der Waals surface area contributed by atoms with Crippen LogP contribution in [-0.2, 0) is 21.1 Å². The van der Waals surface area contributed by atoms with Crippen LogP contribution >= 0.6 is 0 Å². The van der Waals surface area contributed by atoms with Crippen molar-refractivity contribution in [3.63, 3.8) is 0 Å². The highest BCUT2D eigenvalue weighted by Crippen LogP contribution is 2.10. The molecule has 0 spiro atoms. The molecule has 8 heteroatoms. The van der Waals surface area contributed by atoms with Crippen LogP contribution in [0.3, 0.4) is 0 Å². The van der Waals surface area contributed by atoms with Crippen molar-refractivity contribution in [3.05, 3.63) is 54.4 Å². The molecule has 2 aromatic heterocycles. The zero-order valence-electron chi connectivity index (χ0n) is 13.7. The second kappa shape index (κ2) is 7.65. The SMILES string of the molecule is Cn1c(=NN=CN=Nc2cc[n+](C)cc2)n(C)c2ccccc21.[Cl-]. The Morgan fingerprint density at radius 3 is 2.12 bits per heavy atom. The third-order valence-electron chi connectivity index (χ3n) is 3.59. The van der Waals surface area contributed by atoms with Crippen molar-refractivity contribution in [2.24, 2.45) is 41.6 Å². The maximum Gasteiger partial charge on any atom is 0.230 e. The Morgan fingerprint density at radius 2 is 1.54 bits per heavy atom.